The van der Waals surface area contributed by atoms with Crippen LogP contribution in [0, 0.1) is 5.41 Å². The summed E-state index contributed by atoms with van der Waals surface area (Å²) in [4.78, 5) is 10.5. The Morgan fingerprint density at radius 1 is 1.18 bits per heavy atom. The predicted octanol–water partition coefficient (Wildman–Crippen LogP) is 2.68. The van der Waals surface area contributed by atoms with Gasteiger partial charge in [-0.25, -0.2) is 0 Å². The molecule has 0 aromatic heterocycles. The third-order valence-electron chi connectivity index (χ3n) is 2.78. The molecule has 0 saturated heterocycles. The van der Waals surface area contributed by atoms with Gasteiger partial charge in [-0.2, -0.15) is 0 Å². The summed E-state index contributed by atoms with van der Waals surface area (Å²) in [5.41, 5.74) is 0.0475. The summed E-state index contributed by atoms with van der Waals surface area (Å²) in [5, 5.41) is 8.64. The highest BCUT2D eigenvalue weighted by Gasteiger charge is 2.26. The van der Waals surface area contributed by atoms with Crippen molar-refractivity contribution in [1.29, 1.82) is 0 Å². The Labute approximate surface area is 68.6 Å². The molecular formula is C9H18O2. The molecule has 66 valence electrons. The van der Waals surface area contributed by atoms with E-state index in [1.165, 1.54) is 0 Å². The lowest BCUT2D eigenvalue weighted by atomic mass is 9.77. The number of carboxylic acids is 1. The molecule has 0 amide bonds. The van der Waals surface area contributed by atoms with Crippen LogP contribution in [0.5, 0.6) is 0 Å². The predicted molar refractivity (Wildman–Crippen MR) is 45.6 cm³/mol. The molecule has 0 aliphatic rings. The lowest BCUT2D eigenvalue weighted by molar-refractivity contribution is -0.140. The summed E-state index contributed by atoms with van der Waals surface area (Å²) in [6.07, 6.45) is 3.21. The maximum Gasteiger partial charge on any atom is 0.303 e. The fourth-order valence-electron chi connectivity index (χ4n) is 1.45. The van der Waals surface area contributed by atoms with E-state index in [2.05, 4.69) is 20.8 Å². The Kier molecular flexibility index (Phi) is 4.16. The molecule has 0 unspecified atom stereocenters. The van der Waals surface area contributed by atoms with Gasteiger partial charge in [0, 0.05) is 0 Å². The van der Waals surface area contributed by atoms with Crippen molar-refractivity contribution < 1.29 is 9.90 Å². The largest absolute Gasteiger partial charge is 0.481 e. The zero-order valence-corrected chi connectivity index (χ0v) is 7.68. The molecule has 1 N–H and O–H groups in total. The van der Waals surface area contributed by atoms with Crippen LogP contribution in [0.4, 0.5) is 0 Å². The van der Waals surface area contributed by atoms with E-state index < -0.39 is 5.97 Å². The SMILES string of the molecule is CCC(CC)(CC)CC(=O)O. The molecule has 0 heterocycles. The highest BCUT2D eigenvalue weighted by molar-refractivity contribution is 5.67. The summed E-state index contributed by atoms with van der Waals surface area (Å²) in [6.45, 7) is 6.20. The molecule has 0 saturated carbocycles. The van der Waals surface area contributed by atoms with Crippen molar-refractivity contribution in [2.75, 3.05) is 0 Å². The van der Waals surface area contributed by atoms with E-state index in [0.717, 1.165) is 19.3 Å². The van der Waals surface area contributed by atoms with Crippen molar-refractivity contribution in [3.63, 3.8) is 0 Å². The first kappa shape index (κ1) is 10.5. The molecule has 0 aromatic rings. The van der Waals surface area contributed by atoms with E-state index in [9.17, 15) is 4.79 Å². The van der Waals surface area contributed by atoms with E-state index in [1.54, 1.807) is 0 Å². The highest BCUT2D eigenvalue weighted by atomic mass is 16.4. The van der Waals surface area contributed by atoms with Crippen LogP contribution < -0.4 is 0 Å². The molecule has 0 aliphatic carbocycles. The van der Waals surface area contributed by atoms with Crippen LogP contribution >= 0.6 is 0 Å². The number of hydrogen-bond acceptors (Lipinski definition) is 1. The van der Waals surface area contributed by atoms with Crippen LogP contribution in [-0.2, 0) is 4.79 Å². The van der Waals surface area contributed by atoms with Crippen molar-refractivity contribution in [2.24, 2.45) is 5.41 Å². The van der Waals surface area contributed by atoms with E-state index >= 15 is 0 Å². The van der Waals surface area contributed by atoms with Gasteiger partial charge in [-0.3, -0.25) is 4.79 Å². The van der Waals surface area contributed by atoms with E-state index in [4.69, 9.17) is 5.11 Å². The maximum atomic E-state index is 10.5. The molecule has 11 heavy (non-hydrogen) atoms. The van der Waals surface area contributed by atoms with Crippen LogP contribution in [0.2, 0.25) is 0 Å². The molecule has 0 bridgehead atoms. The Hall–Kier alpha value is -0.530. The quantitative estimate of drug-likeness (QED) is 0.668. The van der Waals surface area contributed by atoms with E-state index in [1.807, 2.05) is 0 Å². The van der Waals surface area contributed by atoms with Crippen LogP contribution in [0.3, 0.4) is 0 Å². The first-order valence-corrected chi connectivity index (χ1v) is 4.32. The molecule has 0 rings (SSSR count). The Balaban J connectivity index is 4.16. The first-order chi connectivity index (χ1) is 5.10. The smallest absolute Gasteiger partial charge is 0.303 e. The van der Waals surface area contributed by atoms with E-state index in [0.29, 0.717) is 6.42 Å². The van der Waals surface area contributed by atoms with Gasteiger partial charge in [-0.05, 0) is 24.7 Å². The molecule has 0 spiro atoms. The monoisotopic (exact) mass is 158 g/mol. The van der Waals surface area contributed by atoms with Gasteiger partial charge in [0.15, 0.2) is 0 Å². The number of carboxylic acid groups (broad SMARTS) is 1. The fourth-order valence-corrected chi connectivity index (χ4v) is 1.45. The Bertz CT molecular complexity index is 117. The summed E-state index contributed by atoms with van der Waals surface area (Å²) in [5.74, 6) is -0.671. The Morgan fingerprint density at radius 2 is 1.55 bits per heavy atom. The minimum absolute atomic E-state index is 0.0475. The maximum absolute atomic E-state index is 10.5. The van der Waals surface area contributed by atoms with Gasteiger partial charge in [0.05, 0.1) is 6.42 Å². The second kappa shape index (κ2) is 4.37. The molecule has 2 nitrogen and oxygen atoms in total. The minimum atomic E-state index is -0.671. The number of carbonyl (C=O) groups is 1. The zero-order chi connectivity index (χ0) is 8.91. The lowest BCUT2D eigenvalue weighted by Crippen LogP contribution is -2.21. The van der Waals surface area contributed by atoms with Gasteiger partial charge in [0.25, 0.3) is 0 Å². The Morgan fingerprint density at radius 3 is 1.64 bits per heavy atom. The third kappa shape index (κ3) is 2.91. The molecule has 0 radical (unpaired) electrons. The average Bonchev–Trinajstić information content (AvgIpc) is 2.00. The zero-order valence-electron chi connectivity index (χ0n) is 7.68. The van der Waals surface area contributed by atoms with E-state index in [-0.39, 0.29) is 5.41 Å². The van der Waals surface area contributed by atoms with Gasteiger partial charge in [0.2, 0.25) is 0 Å². The van der Waals surface area contributed by atoms with Crippen LogP contribution in [-0.4, -0.2) is 11.1 Å². The molecule has 2 heteroatoms. The van der Waals surface area contributed by atoms with Gasteiger partial charge >= 0.3 is 5.97 Å². The van der Waals surface area contributed by atoms with Crippen LogP contribution in [0.25, 0.3) is 0 Å². The van der Waals surface area contributed by atoms with Crippen molar-refractivity contribution in [3.8, 4) is 0 Å². The molecular weight excluding hydrogens is 140 g/mol. The van der Waals surface area contributed by atoms with Gasteiger partial charge < -0.3 is 5.11 Å². The summed E-state index contributed by atoms with van der Waals surface area (Å²) >= 11 is 0. The van der Waals surface area contributed by atoms with Gasteiger partial charge in [-0.15, -0.1) is 0 Å². The van der Waals surface area contributed by atoms with Crippen molar-refractivity contribution in [1.82, 2.24) is 0 Å². The number of rotatable bonds is 5. The molecule has 0 aromatic carbocycles. The summed E-state index contributed by atoms with van der Waals surface area (Å²) in [6, 6.07) is 0. The first-order valence-electron chi connectivity index (χ1n) is 4.32. The molecule has 0 atom stereocenters. The topological polar surface area (TPSA) is 37.3 Å². The van der Waals surface area contributed by atoms with Gasteiger partial charge in [0.1, 0.15) is 0 Å². The third-order valence-corrected chi connectivity index (χ3v) is 2.78. The van der Waals surface area contributed by atoms with Crippen molar-refractivity contribution in [3.05, 3.63) is 0 Å². The number of hydrogen-bond donors (Lipinski definition) is 1. The van der Waals surface area contributed by atoms with Gasteiger partial charge in [-0.1, -0.05) is 20.8 Å². The normalized spacial score (nSPS) is 11.5. The molecule has 0 fully saturated rings. The second-order valence-electron chi connectivity index (χ2n) is 3.13. The summed E-state index contributed by atoms with van der Waals surface area (Å²) < 4.78 is 0. The minimum Gasteiger partial charge on any atom is -0.481 e. The van der Waals surface area contributed by atoms with Crippen molar-refractivity contribution >= 4 is 5.97 Å². The van der Waals surface area contributed by atoms with Crippen LogP contribution in [0.1, 0.15) is 46.5 Å². The van der Waals surface area contributed by atoms with Crippen LogP contribution in [0.15, 0.2) is 0 Å². The fraction of sp³-hybridized carbons (Fsp3) is 0.889. The molecule has 0 aliphatic heterocycles. The number of aliphatic carboxylic acids is 1. The highest BCUT2D eigenvalue weighted by Crippen LogP contribution is 2.33. The standard InChI is InChI=1S/C9H18O2/c1-4-9(5-2,6-3)7-8(10)11/h4-7H2,1-3H3,(H,10,11). The lowest BCUT2D eigenvalue weighted by Gasteiger charge is -2.28. The summed E-state index contributed by atoms with van der Waals surface area (Å²) in [7, 11) is 0. The van der Waals surface area contributed by atoms with Crippen molar-refractivity contribution in [2.45, 2.75) is 46.5 Å². The second-order valence-corrected chi connectivity index (χ2v) is 3.13. The average molecular weight is 158 g/mol.